The zero-order valence-corrected chi connectivity index (χ0v) is 11.1. The number of nitrogens with two attached hydrogens (primary N) is 2. The summed E-state index contributed by atoms with van der Waals surface area (Å²) in [6.07, 6.45) is 0. The Balaban J connectivity index is 1.98. The number of amidine groups is 1. The highest BCUT2D eigenvalue weighted by molar-refractivity contribution is 5.95. The molecule has 106 valence electrons. The van der Waals surface area contributed by atoms with Crippen LogP contribution in [0.5, 0.6) is 0 Å². The number of nitrogen functional groups attached to an aromatic ring is 1. The lowest BCUT2D eigenvalue weighted by atomic mass is 10.2. The van der Waals surface area contributed by atoms with Crippen LogP contribution in [0.15, 0.2) is 58.9 Å². The van der Waals surface area contributed by atoms with E-state index in [2.05, 4.69) is 15.8 Å². The number of primary amides is 1. The molecule has 7 heteroatoms. The molecule has 0 aliphatic carbocycles. The maximum absolute atomic E-state index is 10.9. The summed E-state index contributed by atoms with van der Waals surface area (Å²) in [4.78, 5) is 10.9. The molecule has 1 amide bonds. The number of rotatable bonds is 5. The van der Waals surface area contributed by atoms with Gasteiger partial charge in [-0.05, 0) is 48.5 Å². The van der Waals surface area contributed by atoms with Crippen molar-refractivity contribution < 1.29 is 4.79 Å². The average Bonchev–Trinajstić information content (AvgIpc) is 2.48. The fourth-order valence-corrected chi connectivity index (χ4v) is 1.56. The lowest BCUT2D eigenvalue weighted by Crippen LogP contribution is -2.10. The molecule has 0 saturated heterocycles. The molecule has 2 rings (SSSR count). The third-order valence-corrected chi connectivity index (χ3v) is 2.69. The highest BCUT2D eigenvalue weighted by atomic mass is 16.1. The van der Waals surface area contributed by atoms with Crippen LogP contribution < -0.4 is 16.9 Å². The molecule has 0 aliphatic rings. The van der Waals surface area contributed by atoms with Crippen molar-refractivity contribution >= 4 is 23.1 Å². The first-order valence-electron chi connectivity index (χ1n) is 6.07. The van der Waals surface area contributed by atoms with E-state index in [1.54, 1.807) is 48.5 Å². The van der Waals surface area contributed by atoms with E-state index in [0.29, 0.717) is 16.8 Å². The Morgan fingerprint density at radius 3 is 2.05 bits per heavy atom. The summed E-state index contributed by atoms with van der Waals surface area (Å²) < 4.78 is 0. The molecule has 0 saturated carbocycles. The Morgan fingerprint density at radius 2 is 1.52 bits per heavy atom. The van der Waals surface area contributed by atoms with Crippen molar-refractivity contribution in [2.24, 2.45) is 21.8 Å². The van der Waals surface area contributed by atoms with Gasteiger partial charge in [0.2, 0.25) is 5.91 Å². The predicted molar refractivity (Wildman–Crippen MR) is 80.6 cm³/mol. The van der Waals surface area contributed by atoms with Crippen molar-refractivity contribution in [1.82, 2.24) is 0 Å². The lowest BCUT2D eigenvalue weighted by Gasteiger charge is -2.01. The molecule has 21 heavy (non-hydrogen) atoms. The van der Waals surface area contributed by atoms with Crippen LogP contribution in [0.1, 0.15) is 15.9 Å². The largest absolute Gasteiger partial charge is 0.384 e. The zero-order valence-electron chi connectivity index (χ0n) is 11.1. The first kappa shape index (κ1) is 14.2. The van der Waals surface area contributed by atoms with Crippen molar-refractivity contribution in [3.8, 4) is 0 Å². The molecule has 0 aromatic heterocycles. The summed E-state index contributed by atoms with van der Waals surface area (Å²) in [5, 5.41) is 15.1. The van der Waals surface area contributed by atoms with Gasteiger partial charge in [-0.2, -0.15) is 0 Å². The first-order valence-corrected chi connectivity index (χ1v) is 6.07. The monoisotopic (exact) mass is 285 g/mol. The predicted octanol–water partition coefficient (Wildman–Crippen LogP) is 2.18. The summed E-state index contributed by atoms with van der Waals surface area (Å²) in [5.41, 5.74) is 15.6. The van der Waals surface area contributed by atoms with Gasteiger partial charge in [0.1, 0.15) is 5.84 Å². The van der Waals surface area contributed by atoms with Crippen molar-refractivity contribution in [1.29, 1.82) is 5.41 Å². The molecule has 0 unspecified atom stereocenters. The van der Waals surface area contributed by atoms with Crippen molar-refractivity contribution in [3.05, 3.63) is 59.7 Å². The zero-order chi connectivity index (χ0) is 15.2. The molecule has 0 radical (unpaired) electrons. The third kappa shape index (κ3) is 3.87. The molecule has 0 bridgehead atoms. The minimum absolute atomic E-state index is 0.0118. The quantitative estimate of drug-likeness (QED) is 0.168. The molecule has 2 aromatic rings. The normalized spacial score (nSPS) is 10.5. The molecule has 0 spiro atoms. The van der Waals surface area contributed by atoms with Crippen molar-refractivity contribution in [2.45, 2.75) is 0 Å². The third-order valence-electron chi connectivity index (χ3n) is 2.69. The van der Waals surface area contributed by atoms with Crippen LogP contribution >= 0.6 is 0 Å². The Hall–Kier alpha value is -3.22. The molecule has 0 atom stereocenters. The molecule has 2 aromatic carbocycles. The van der Waals surface area contributed by atoms with Crippen LogP contribution in [0.4, 0.5) is 11.4 Å². The second kappa shape index (κ2) is 6.29. The van der Waals surface area contributed by atoms with Gasteiger partial charge in [0.05, 0.1) is 11.4 Å². The van der Waals surface area contributed by atoms with E-state index in [4.69, 9.17) is 16.9 Å². The Morgan fingerprint density at radius 1 is 0.952 bits per heavy atom. The van der Waals surface area contributed by atoms with Gasteiger partial charge in [0, 0.05) is 11.1 Å². The van der Waals surface area contributed by atoms with Gasteiger partial charge < -0.3 is 11.5 Å². The number of nitrogens with one attached hydrogen (secondary N) is 2. The molecule has 6 N–H and O–H groups in total. The number of hydrogen-bond acceptors (Lipinski definition) is 4. The van der Waals surface area contributed by atoms with Gasteiger partial charge in [0.25, 0.3) is 0 Å². The van der Waals surface area contributed by atoms with Crippen molar-refractivity contribution in [3.63, 3.8) is 0 Å². The minimum Gasteiger partial charge on any atom is -0.384 e. The number of carbonyl (C=O) groups excluding carboxylic acids is 1. The fourth-order valence-electron chi connectivity index (χ4n) is 1.56. The minimum atomic E-state index is -0.484. The van der Waals surface area contributed by atoms with Crippen LogP contribution in [0.3, 0.4) is 0 Å². The summed E-state index contributed by atoms with van der Waals surface area (Å²) in [6.45, 7) is 0. The molecule has 0 heterocycles. The fraction of sp³-hybridized carbons (Fsp3) is 0. The molecule has 0 aliphatic heterocycles. The SMILES string of the molecule is NC(=O)c1ccc(N=NNc2ccc([13C](=[15NH])[15NH2])cc2)cc1. The Kier molecular flexibility index (Phi) is 4.25. The van der Waals surface area contributed by atoms with E-state index < -0.39 is 5.91 Å². The number of amides is 1. The average molecular weight is 285 g/mol. The van der Waals surface area contributed by atoms with E-state index in [-0.39, 0.29) is 5.84 Å². The second-order valence-corrected chi connectivity index (χ2v) is 4.21. The van der Waals surface area contributed by atoms with Crippen LogP contribution in [-0.2, 0) is 0 Å². The molecule has 7 nitrogen and oxygen atoms in total. The van der Waals surface area contributed by atoms with E-state index >= 15 is 0 Å². The Bertz CT molecular complexity index is 676. The summed E-state index contributed by atoms with van der Waals surface area (Å²) in [6, 6.07) is 13.4. The summed E-state index contributed by atoms with van der Waals surface area (Å²) in [7, 11) is 0. The van der Waals surface area contributed by atoms with E-state index in [9.17, 15) is 4.79 Å². The first-order chi connectivity index (χ1) is 10.1. The van der Waals surface area contributed by atoms with Crippen LogP contribution in [0.2, 0.25) is 0 Å². The molecule has 0 fully saturated rings. The summed E-state index contributed by atoms with van der Waals surface area (Å²) in [5.74, 6) is -0.472. The van der Waals surface area contributed by atoms with E-state index in [1.165, 1.54) is 0 Å². The highest BCUT2D eigenvalue weighted by Gasteiger charge is 1.99. The second-order valence-electron chi connectivity index (χ2n) is 4.21. The Labute approximate surface area is 121 Å². The smallest absolute Gasteiger partial charge is 0.248 e. The maximum atomic E-state index is 10.9. The van der Waals surface area contributed by atoms with Gasteiger partial charge in [-0.25, -0.2) is 0 Å². The maximum Gasteiger partial charge on any atom is 0.248 e. The van der Waals surface area contributed by atoms with Crippen LogP contribution in [0, 0.1) is 5.41 Å². The van der Waals surface area contributed by atoms with Gasteiger partial charge >= 0.3 is 0 Å². The number of hydrogen-bond donors (Lipinski definition) is 4. The topological polar surface area (TPSA) is 130 Å². The van der Waals surface area contributed by atoms with Gasteiger partial charge in [-0.3, -0.25) is 15.6 Å². The van der Waals surface area contributed by atoms with Gasteiger partial charge in [-0.15, -0.1) is 5.11 Å². The van der Waals surface area contributed by atoms with E-state index in [1.807, 2.05) is 0 Å². The number of benzene rings is 2. The lowest BCUT2D eigenvalue weighted by molar-refractivity contribution is 0.100. The highest BCUT2D eigenvalue weighted by Crippen LogP contribution is 2.14. The molecular formula is C14H14N6O. The van der Waals surface area contributed by atoms with Gasteiger partial charge in [-0.1, -0.05) is 5.22 Å². The number of carbonyl (C=O) groups is 1. The van der Waals surface area contributed by atoms with E-state index in [0.717, 1.165) is 5.69 Å². The van der Waals surface area contributed by atoms with Crippen LogP contribution in [0.25, 0.3) is 0 Å². The summed E-state index contributed by atoms with van der Waals surface area (Å²) >= 11 is 0. The molecular weight excluding hydrogens is 271 g/mol. The number of nitrogens with zero attached hydrogens (tertiary/aromatic N) is 2. The number of anilines is 1. The van der Waals surface area contributed by atoms with Crippen LogP contribution in [-0.4, -0.2) is 11.7 Å². The van der Waals surface area contributed by atoms with Crippen molar-refractivity contribution in [2.75, 3.05) is 5.43 Å². The van der Waals surface area contributed by atoms with Gasteiger partial charge in [0.15, 0.2) is 0 Å². The standard InChI is InChI=1S/C14H14N6O/c15-13(16)9-1-5-11(6-2-9)18-20-19-12-7-3-10(4-8-12)14(17)21/h1-8H,(H3,15,16)(H2,17,21)(H,18,19)/i13+1,15+1,16+1.